The molecule has 1 aromatic carbocycles. The van der Waals surface area contributed by atoms with Crippen molar-refractivity contribution in [1.29, 1.82) is 0 Å². The van der Waals surface area contributed by atoms with E-state index in [0.29, 0.717) is 13.2 Å². The molecule has 4 nitrogen and oxygen atoms in total. The summed E-state index contributed by atoms with van der Waals surface area (Å²) < 4.78 is 4.88. The molecule has 0 aliphatic carbocycles. The van der Waals surface area contributed by atoms with E-state index >= 15 is 0 Å². The van der Waals surface area contributed by atoms with Crippen molar-refractivity contribution >= 4 is 11.7 Å². The van der Waals surface area contributed by atoms with Crippen molar-refractivity contribution < 1.29 is 9.53 Å². The third kappa shape index (κ3) is 4.37. The Balaban J connectivity index is 2.70. The third-order valence-corrected chi connectivity index (χ3v) is 2.58. The number of urea groups is 1. The highest BCUT2D eigenvalue weighted by atomic mass is 16.5. The van der Waals surface area contributed by atoms with Crippen LogP contribution in [0.4, 0.5) is 10.5 Å². The van der Waals surface area contributed by atoms with Gasteiger partial charge in [0.2, 0.25) is 0 Å². The zero-order valence-electron chi connectivity index (χ0n) is 11.5. The van der Waals surface area contributed by atoms with Crippen LogP contribution in [0.3, 0.4) is 0 Å². The van der Waals surface area contributed by atoms with Crippen LogP contribution >= 0.6 is 0 Å². The molecule has 0 radical (unpaired) electrons. The monoisotopic (exact) mass is 250 g/mol. The fraction of sp³-hybridized carbons (Fsp3) is 0.500. The number of benzene rings is 1. The Morgan fingerprint density at radius 2 is 1.94 bits per heavy atom. The summed E-state index contributed by atoms with van der Waals surface area (Å²) in [4.78, 5) is 11.7. The van der Waals surface area contributed by atoms with Crippen LogP contribution < -0.4 is 10.6 Å². The van der Waals surface area contributed by atoms with Crippen LogP contribution in [-0.2, 0) is 10.2 Å². The van der Waals surface area contributed by atoms with Crippen LogP contribution in [0.2, 0.25) is 0 Å². The van der Waals surface area contributed by atoms with E-state index in [0.717, 1.165) is 11.3 Å². The summed E-state index contributed by atoms with van der Waals surface area (Å²) in [5.74, 6) is 0. The number of hydrogen-bond donors (Lipinski definition) is 2. The third-order valence-electron chi connectivity index (χ3n) is 2.58. The molecule has 0 bridgehead atoms. The molecular formula is C14H22N2O2. The molecule has 0 spiro atoms. The average molecular weight is 250 g/mol. The maximum absolute atomic E-state index is 11.7. The number of hydrogen-bond acceptors (Lipinski definition) is 2. The van der Waals surface area contributed by atoms with Gasteiger partial charge in [0.1, 0.15) is 0 Å². The SMILES string of the molecule is COCCNC(=O)Nc1ccccc1C(C)(C)C. The van der Waals surface area contributed by atoms with Crippen molar-refractivity contribution in [2.24, 2.45) is 0 Å². The second-order valence-electron chi connectivity index (χ2n) is 5.17. The van der Waals surface area contributed by atoms with E-state index < -0.39 is 0 Å². The Labute approximate surface area is 109 Å². The Hall–Kier alpha value is -1.55. The van der Waals surface area contributed by atoms with Gasteiger partial charge < -0.3 is 15.4 Å². The maximum Gasteiger partial charge on any atom is 0.319 e. The highest BCUT2D eigenvalue weighted by molar-refractivity contribution is 5.90. The van der Waals surface area contributed by atoms with Crippen LogP contribution in [0.5, 0.6) is 0 Å². The van der Waals surface area contributed by atoms with E-state index in [2.05, 4.69) is 31.4 Å². The van der Waals surface area contributed by atoms with Gasteiger partial charge in [-0.15, -0.1) is 0 Å². The topological polar surface area (TPSA) is 50.4 Å². The van der Waals surface area contributed by atoms with Crippen molar-refractivity contribution in [2.75, 3.05) is 25.6 Å². The summed E-state index contributed by atoms with van der Waals surface area (Å²) in [6.45, 7) is 7.37. The molecule has 0 aromatic heterocycles. The first-order valence-corrected chi connectivity index (χ1v) is 6.08. The molecule has 0 fully saturated rings. The average Bonchev–Trinajstić information content (AvgIpc) is 2.28. The lowest BCUT2D eigenvalue weighted by atomic mass is 9.86. The van der Waals surface area contributed by atoms with Crippen molar-refractivity contribution in [3.63, 3.8) is 0 Å². The van der Waals surface area contributed by atoms with E-state index in [1.165, 1.54) is 0 Å². The quantitative estimate of drug-likeness (QED) is 0.807. The fourth-order valence-electron chi connectivity index (χ4n) is 1.68. The summed E-state index contributed by atoms with van der Waals surface area (Å²) in [5.41, 5.74) is 1.96. The molecule has 1 aromatic rings. The first-order valence-electron chi connectivity index (χ1n) is 6.08. The lowest BCUT2D eigenvalue weighted by Gasteiger charge is -2.23. The van der Waals surface area contributed by atoms with E-state index in [-0.39, 0.29) is 11.4 Å². The fourth-order valence-corrected chi connectivity index (χ4v) is 1.68. The molecule has 0 saturated carbocycles. The van der Waals surface area contributed by atoms with E-state index in [1.807, 2.05) is 24.3 Å². The number of para-hydroxylation sites is 1. The number of rotatable bonds is 4. The van der Waals surface area contributed by atoms with Crippen LogP contribution in [-0.4, -0.2) is 26.3 Å². The van der Waals surface area contributed by atoms with Crippen molar-refractivity contribution in [1.82, 2.24) is 5.32 Å². The number of carbonyl (C=O) groups is 1. The van der Waals surface area contributed by atoms with Gasteiger partial charge in [-0.2, -0.15) is 0 Å². The number of amides is 2. The van der Waals surface area contributed by atoms with Gasteiger partial charge in [-0.25, -0.2) is 4.79 Å². The van der Waals surface area contributed by atoms with Gasteiger partial charge in [0.25, 0.3) is 0 Å². The minimum atomic E-state index is -0.205. The maximum atomic E-state index is 11.7. The van der Waals surface area contributed by atoms with Gasteiger partial charge in [-0.05, 0) is 17.0 Å². The zero-order valence-corrected chi connectivity index (χ0v) is 11.5. The minimum Gasteiger partial charge on any atom is -0.383 e. The van der Waals surface area contributed by atoms with E-state index in [4.69, 9.17) is 4.74 Å². The smallest absolute Gasteiger partial charge is 0.319 e. The highest BCUT2D eigenvalue weighted by Gasteiger charge is 2.18. The molecule has 2 N–H and O–H groups in total. The van der Waals surface area contributed by atoms with Crippen LogP contribution in [0, 0.1) is 0 Å². The molecule has 1 rings (SSSR count). The molecule has 0 unspecified atom stereocenters. The standard InChI is InChI=1S/C14H22N2O2/c1-14(2,3)11-7-5-6-8-12(11)16-13(17)15-9-10-18-4/h5-8H,9-10H2,1-4H3,(H2,15,16,17). The summed E-state index contributed by atoms with van der Waals surface area (Å²) >= 11 is 0. The first kappa shape index (κ1) is 14.5. The minimum absolute atomic E-state index is 0.00357. The largest absolute Gasteiger partial charge is 0.383 e. The first-order chi connectivity index (χ1) is 8.45. The van der Waals surface area contributed by atoms with Crippen molar-refractivity contribution in [3.8, 4) is 0 Å². The van der Waals surface area contributed by atoms with E-state index in [1.54, 1.807) is 7.11 Å². The predicted octanol–water partition coefficient (Wildman–Crippen LogP) is 2.75. The van der Waals surface area contributed by atoms with Crippen LogP contribution in [0.25, 0.3) is 0 Å². The molecule has 100 valence electrons. The Morgan fingerprint density at radius 3 is 2.56 bits per heavy atom. The van der Waals surface area contributed by atoms with Crippen molar-refractivity contribution in [2.45, 2.75) is 26.2 Å². The molecule has 0 saturated heterocycles. The summed E-state index contributed by atoms with van der Waals surface area (Å²) in [6, 6.07) is 7.64. The molecule has 0 aliphatic heterocycles. The predicted molar refractivity (Wildman–Crippen MR) is 74.0 cm³/mol. The molecule has 0 heterocycles. The van der Waals surface area contributed by atoms with Crippen LogP contribution in [0.1, 0.15) is 26.3 Å². The van der Waals surface area contributed by atoms with Crippen LogP contribution in [0.15, 0.2) is 24.3 Å². The van der Waals surface area contributed by atoms with E-state index in [9.17, 15) is 4.79 Å². The summed E-state index contributed by atoms with van der Waals surface area (Å²) in [6.07, 6.45) is 0. The molecule has 0 atom stereocenters. The van der Waals surface area contributed by atoms with Crippen molar-refractivity contribution in [3.05, 3.63) is 29.8 Å². The lowest BCUT2D eigenvalue weighted by Crippen LogP contribution is -2.32. The van der Waals surface area contributed by atoms with Gasteiger partial charge >= 0.3 is 6.03 Å². The number of ether oxygens (including phenoxy) is 1. The molecule has 2 amide bonds. The van der Waals surface area contributed by atoms with Gasteiger partial charge in [0, 0.05) is 19.3 Å². The van der Waals surface area contributed by atoms with Gasteiger partial charge in [-0.1, -0.05) is 39.0 Å². The van der Waals surface area contributed by atoms with Gasteiger partial charge in [0.05, 0.1) is 6.61 Å². The summed E-state index contributed by atoms with van der Waals surface area (Å²) in [5, 5.41) is 5.61. The second kappa shape index (κ2) is 6.40. The number of methoxy groups -OCH3 is 1. The molecule has 4 heteroatoms. The Kier molecular flexibility index (Phi) is 5.16. The lowest BCUT2D eigenvalue weighted by molar-refractivity contribution is 0.198. The number of carbonyl (C=O) groups excluding carboxylic acids is 1. The van der Waals surface area contributed by atoms with Gasteiger partial charge in [0.15, 0.2) is 0 Å². The highest BCUT2D eigenvalue weighted by Crippen LogP contribution is 2.28. The van der Waals surface area contributed by atoms with Gasteiger partial charge in [-0.3, -0.25) is 0 Å². The summed E-state index contributed by atoms with van der Waals surface area (Å²) in [7, 11) is 1.61. The zero-order chi connectivity index (χ0) is 13.6. The molecule has 0 aliphatic rings. The normalized spacial score (nSPS) is 11.1. The number of nitrogens with one attached hydrogen (secondary N) is 2. The second-order valence-corrected chi connectivity index (χ2v) is 5.17. The Bertz CT molecular complexity index is 397. The Morgan fingerprint density at radius 1 is 1.28 bits per heavy atom. The molecular weight excluding hydrogens is 228 g/mol. The number of anilines is 1. The molecule has 18 heavy (non-hydrogen) atoms.